The smallest absolute Gasteiger partial charge is 0.315 e. The van der Waals surface area contributed by atoms with E-state index in [0.717, 1.165) is 44.6 Å². The van der Waals surface area contributed by atoms with Gasteiger partial charge in [-0.15, -0.1) is 12.4 Å². The Balaban J connectivity index is 0.00000280. The molecular formula is C21H33ClN4O2. The molecule has 3 amide bonds. The minimum absolute atomic E-state index is 0. The van der Waals surface area contributed by atoms with Gasteiger partial charge in [0.25, 0.3) is 0 Å². The molecule has 0 radical (unpaired) electrons. The molecule has 3 N–H and O–H groups in total. The Morgan fingerprint density at radius 3 is 2.29 bits per heavy atom. The third-order valence-corrected chi connectivity index (χ3v) is 5.85. The molecule has 0 bridgehead atoms. The number of urea groups is 1. The van der Waals surface area contributed by atoms with Crippen LogP contribution in [0.5, 0.6) is 0 Å². The summed E-state index contributed by atoms with van der Waals surface area (Å²) >= 11 is 0. The van der Waals surface area contributed by atoms with E-state index in [-0.39, 0.29) is 30.3 Å². The summed E-state index contributed by atoms with van der Waals surface area (Å²) in [6, 6.07) is 8.99. The molecule has 1 aromatic rings. The molecule has 2 aliphatic heterocycles. The van der Waals surface area contributed by atoms with Crippen molar-refractivity contribution in [2.24, 2.45) is 17.8 Å². The first-order chi connectivity index (χ1) is 13.0. The lowest BCUT2D eigenvalue weighted by Crippen LogP contribution is -2.53. The van der Waals surface area contributed by atoms with E-state index in [2.05, 4.69) is 16.0 Å². The Hall–Kier alpha value is -1.79. The number of amides is 3. The maximum absolute atomic E-state index is 13.1. The van der Waals surface area contributed by atoms with Gasteiger partial charge >= 0.3 is 6.03 Å². The first kappa shape index (κ1) is 22.5. The number of benzene rings is 1. The molecule has 1 aromatic carbocycles. The van der Waals surface area contributed by atoms with Crippen LogP contribution in [0.4, 0.5) is 4.79 Å². The molecule has 156 valence electrons. The molecular weight excluding hydrogens is 376 g/mol. The second-order valence-electron chi connectivity index (χ2n) is 8.12. The van der Waals surface area contributed by atoms with Gasteiger partial charge in [0.2, 0.25) is 5.91 Å². The van der Waals surface area contributed by atoms with Crippen LogP contribution < -0.4 is 16.0 Å². The highest BCUT2D eigenvalue weighted by Gasteiger charge is 2.34. The van der Waals surface area contributed by atoms with Crippen LogP contribution in [0.15, 0.2) is 30.3 Å². The van der Waals surface area contributed by atoms with E-state index < -0.39 is 6.04 Å². The van der Waals surface area contributed by atoms with Gasteiger partial charge in [-0.3, -0.25) is 4.79 Å². The Kier molecular flexibility index (Phi) is 8.58. The molecule has 0 saturated carbocycles. The van der Waals surface area contributed by atoms with E-state index in [1.807, 2.05) is 49.1 Å². The van der Waals surface area contributed by atoms with Crippen LogP contribution in [0.2, 0.25) is 0 Å². The van der Waals surface area contributed by atoms with Crippen LogP contribution in [0.3, 0.4) is 0 Å². The summed E-state index contributed by atoms with van der Waals surface area (Å²) in [5.41, 5.74) is 1.03. The summed E-state index contributed by atoms with van der Waals surface area (Å²) in [6.45, 7) is 8.14. The van der Waals surface area contributed by atoms with E-state index in [1.54, 1.807) is 0 Å². The third kappa shape index (κ3) is 5.85. The third-order valence-electron chi connectivity index (χ3n) is 5.85. The average molecular weight is 409 g/mol. The second kappa shape index (κ2) is 10.7. The molecule has 3 atom stereocenters. The predicted octanol–water partition coefficient (Wildman–Crippen LogP) is 2.39. The fraction of sp³-hybridized carbons (Fsp3) is 0.619. The minimum atomic E-state index is -0.489. The zero-order chi connectivity index (χ0) is 19.2. The SMILES string of the molecule is CC(C)C(NC(=O)NCc1ccccc1)C(=O)N1CC[C@@H]2CNC[C@@H]2CC1.Cl. The van der Waals surface area contributed by atoms with E-state index in [4.69, 9.17) is 0 Å². The second-order valence-corrected chi connectivity index (χ2v) is 8.12. The number of likely N-dealkylation sites (tertiary alicyclic amines) is 1. The monoisotopic (exact) mass is 408 g/mol. The van der Waals surface area contributed by atoms with Crippen LogP contribution in [0, 0.1) is 17.8 Å². The van der Waals surface area contributed by atoms with E-state index in [1.165, 1.54) is 0 Å². The normalized spacial score (nSPS) is 22.6. The van der Waals surface area contributed by atoms with Crippen molar-refractivity contribution < 1.29 is 9.59 Å². The summed E-state index contributed by atoms with van der Waals surface area (Å²) in [5.74, 6) is 1.46. The first-order valence-corrected chi connectivity index (χ1v) is 10.1. The van der Waals surface area contributed by atoms with Crippen molar-refractivity contribution in [1.82, 2.24) is 20.9 Å². The quantitative estimate of drug-likeness (QED) is 0.700. The van der Waals surface area contributed by atoms with Gasteiger partial charge in [-0.1, -0.05) is 44.2 Å². The van der Waals surface area contributed by atoms with E-state index >= 15 is 0 Å². The first-order valence-electron chi connectivity index (χ1n) is 10.1. The summed E-state index contributed by atoms with van der Waals surface area (Å²) in [5, 5.41) is 9.22. The Morgan fingerprint density at radius 1 is 1.11 bits per heavy atom. The molecule has 2 aliphatic rings. The van der Waals surface area contributed by atoms with Crippen molar-refractivity contribution in [2.45, 2.75) is 39.3 Å². The van der Waals surface area contributed by atoms with Gasteiger partial charge in [-0.2, -0.15) is 0 Å². The molecule has 2 heterocycles. The van der Waals surface area contributed by atoms with Gasteiger partial charge in [0.05, 0.1) is 0 Å². The highest BCUT2D eigenvalue weighted by Crippen LogP contribution is 2.27. The molecule has 0 spiro atoms. The molecule has 7 heteroatoms. The minimum Gasteiger partial charge on any atom is -0.341 e. The van der Waals surface area contributed by atoms with Crippen LogP contribution in [0.1, 0.15) is 32.3 Å². The lowest BCUT2D eigenvalue weighted by molar-refractivity contribution is -0.134. The number of carbonyl (C=O) groups is 2. The zero-order valence-electron chi connectivity index (χ0n) is 16.8. The molecule has 3 rings (SSSR count). The fourth-order valence-electron chi connectivity index (χ4n) is 4.12. The van der Waals surface area contributed by atoms with Crippen LogP contribution >= 0.6 is 12.4 Å². The highest BCUT2D eigenvalue weighted by molar-refractivity contribution is 5.87. The van der Waals surface area contributed by atoms with Crippen molar-refractivity contribution in [1.29, 1.82) is 0 Å². The van der Waals surface area contributed by atoms with Gasteiger partial charge in [0.1, 0.15) is 6.04 Å². The summed E-state index contributed by atoms with van der Waals surface area (Å²) in [7, 11) is 0. The molecule has 0 aliphatic carbocycles. The van der Waals surface area contributed by atoms with Gasteiger partial charge in [-0.25, -0.2) is 4.79 Å². The maximum Gasteiger partial charge on any atom is 0.315 e. The maximum atomic E-state index is 13.1. The lowest BCUT2D eigenvalue weighted by Gasteiger charge is -2.29. The summed E-state index contributed by atoms with van der Waals surface area (Å²) < 4.78 is 0. The molecule has 0 aromatic heterocycles. The summed E-state index contributed by atoms with van der Waals surface area (Å²) in [4.78, 5) is 27.4. The molecule has 2 saturated heterocycles. The van der Waals surface area contributed by atoms with E-state index in [0.29, 0.717) is 18.4 Å². The molecule has 28 heavy (non-hydrogen) atoms. The summed E-state index contributed by atoms with van der Waals surface area (Å²) in [6.07, 6.45) is 2.10. The van der Waals surface area contributed by atoms with Crippen molar-refractivity contribution in [2.75, 3.05) is 26.2 Å². The number of rotatable bonds is 5. The predicted molar refractivity (Wildman–Crippen MR) is 113 cm³/mol. The Labute approximate surface area is 174 Å². The number of nitrogens with one attached hydrogen (secondary N) is 3. The van der Waals surface area contributed by atoms with Gasteiger partial charge in [0.15, 0.2) is 0 Å². The van der Waals surface area contributed by atoms with Crippen molar-refractivity contribution >= 4 is 24.3 Å². The number of carbonyl (C=O) groups excluding carboxylic acids is 2. The lowest BCUT2D eigenvalue weighted by atomic mass is 9.92. The van der Waals surface area contributed by atoms with Crippen LogP contribution in [-0.2, 0) is 11.3 Å². The topological polar surface area (TPSA) is 73.5 Å². The van der Waals surface area contributed by atoms with E-state index in [9.17, 15) is 9.59 Å². The van der Waals surface area contributed by atoms with Crippen molar-refractivity contribution in [3.05, 3.63) is 35.9 Å². The number of hydrogen-bond acceptors (Lipinski definition) is 3. The largest absolute Gasteiger partial charge is 0.341 e. The number of fused-ring (bicyclic) bond motifs is 1. The highest BCUT2D eigenvalue weighted by atomic mass is 35.5. The average Bonchev–Trinajstić information content (AvgIpc) is 3.03. The van der Waals surface area contributed by atoms with Gasteiger partial charge in [0, 0.05) is 19.6 Å². The van der Waals surface area contributed by atoms with Crippen molar-refractivity contribution in [3.63, 3.8) is 0 Å². The standard InChI is InChI=1S/C21H32N4O2.ClH/c1-15(2)19(24-21(27)23-12-16-6-4-3-5-7-16)20(26)25-10-8-17-13-22-14-18(17)9-11-25;/h3-7,15,17-19,22H,8-14H2,1-2H3,(H2,23,24,27);1H/t17-,18+,19?;. The van der Waals surface area contributed by atoms with Gasteiger partial charge in [-0.05, 0) is 49.2 Å². The number of nitrogens with zero attached hydrogens (tertiary/aromatic N) is 1. The van der Waals surface area contributed by atoms with Crippen LogP contribution in [0.25, 0.3) is 0 Å². The molecule has 1 unspecified atom stereocenters. The number of hydrogen-bond donors (Lipinski definition) is 3. The Morgan fingerprint density at radius 2 is 1.71 bits per heavy atom. The Bertz CT molecular complexity index is 627. The molecule has 6 nitrogen and oxygen atoms in total. The zero-order valence-corrected chi connectivity index (χ0v) is 17.6. The van der Waals surface area contributed by atoms with Crippen molar-refractivity contribution in [3.8, 4) is 0 Å². The number of halogens is 1. The van der Waals surface area contributed by atoms with Gasteiger partial charge < -0.3 is 20.9 Å². The van der Waals surface area contributed by atoms with Crippen LogP contribution in [-0.4, -0.2) is 49.1 Å². The fourth-order valence-corrected chi connectivity index (χ4v) is 4.12. The molecule has 2 fully saturated rings.